The molecule has 0 saturated heterocycles. The molecule has 0 heterocycles. The second-order valence-corrected chi connectivity index (χ2v) is 4.90. The van der Waals surface area contributed by atoms with Crippen LogP contribution in [0.4, 0.5) is 0 Å². The molecule has 1 aliphatic carbocycles. The number of benzene rings is 1. The molecule has 0 aliphatic heterocycles. The lowest BCUT2D eigenvalue weighted by Gasteiger charge is -2.20. The highest BCUT2D eigenvalue weighted by molar-refractivity contribution is 9.10. The Morgan fingerprint density at radius 2 is 2.19 bits per heavy atom. The minimum Gasteiger partial charge on any atom is -0.486 e. The van der Waals surface area contributed by atoms with Crippen molar-refractivity contribution in [3.8, 4) is 5.75 Å². The first-order chi connectivity index (χ1) is 7.72. The van der Waals surface area contributed by atoms with E-state index in [2.05, 4.69) is 15.9 Å². The standard InChI is InChI=1S/C12H15BrO3/c13-9-4-1-3-8(7-14)12(9)16-11-6-2-5-10(11)15/h1,3-4,10-11,14-15H,2,5-7H2. The first-order valence-corrected chi connectivity index (χ1v) is 6.24. The van der Waals surface area contributed by atoms with E-state index in [4.69, 9.17) is 4.74 Å². The van der Waals surface area contributed by atoms with Gasteiger partial charge in [0.15, 0.2) is 0 Å². The number of hydrogen-bond acceptors (Lipinski definition) is 3. The fraction of sp³-hybridized carbons (Fsp3) is 0.500. The summed E-state index contributed by atoms with van der Waals surface area (Å²) in [5.74, 6) is 0.649. The number of aliphatic hydroxyl groups excluding tert-OH is 2. The summed E-state index contributed by atoms with van der Waals surface area (Å²) in [4.78, 5) is 0. The van der Waals surface area contributed by atoms with Gasteiger partial charge in [0.05, 0.1) is 17.2 Å². The minimum absolute atomic E-state index is 0.0579. The summed E-state index contributed by atoms with van der Waals surface area (Å²) >= 11 is 3.40. The maximum Gasteiger partial charge on any atom is 0.139 e. The molecule has 0 aromatic heterocycles. The van der Waals surface area contributed by atoms with E-state index in [1.807, 2.05) is 18.2 Å². The zero-order valence-electron chi connectivity index (χ0n) is 8.90. The van der Waals surface area contributed by atoms with Crippen molar-refractivity contribution >= 4 is 15.9 Å². The summed E-state index contributed by atoms with van der Waals surface area (Å²) in [7, 11) is 0. The normalized spacial score (nSPS) is 24.7. The molecule has 0 bridgehead atoms. The molecule has 0 radical (unpaired) electrons. The highest BCUT2D eigenvalue weighted by Gasteiger charge is 2.28. The predicted molar refractivity (Wildman–Crippen MR) is 64.3 cm³/mol. The number of aliphatic hydroxyl groups is 2. The molecule has 1 fully saturated rings. The van der Waals surface area contributed by atoms with Crippen LogP contribution in [0.25, 0.3) is 0 Å². The molecular formula is C12H15BrO3. The summed E-state index contributed by atoms with van der Waals surface area (Å²) in [5.41, 5.74) is 0.744. The maximum atomic E-state index is 9.70. The van der Waals surface area contributed by atoms with Crippen LogP contribution < -0.4 is 4.74 Å². The van der Waals surface area contributed by atoms with E-state index in [1.165, 1.54) is 0 Å². The van der Waals surface area contributed by atoms with E-state index in [0.717, 1.165) is 29.3 Å². The van der Waals surface area contributed by atoms with Crippen LogP contribution in [0, 0.1) is 0 Å². The minimum atomic E-state index is -0.390. The third kappa shape index (κ3) is 2.39. The third-order valence-corrected chi connectivity index (χ3v) is 3.53. The summed E-state index contributed by atoms with van der Waals surface area (Å²) in [6, 6.07) is 5.55. The molecule has 3 nitrogen and oxygen atoms in total. The van der Waals surface area contributed by atoms with Crippen molar-refractivity contribution in [2.45, 2.75) is 38.1 Å². The molecule has 2 atom stereocenters. The lowest BCUT2D eigenvalue weighted by atomic mass is 10.2. The van der Waals surface area contributed by atoms with Crippen LogP contribution in [0.3, 0.4) is 0 Å². The molecule has 1 aliphatic rings. The summed E-state index contributed by atoms with van der Waals surface area (Å²) in [6.45, 7) is -0.0579. The molecule has 4 heteroatoms. The van der Waals surface area contributed by atoms with Gasteiger partial charge >= 0.3 is 0 Å². The first-order valence-electron chi connectivity index (χ1n) is 5.45. The van der Waals surface area contributed by atoms with Gasteiger partial charge in [-0.2, -0.15) is 0 Å². The van der Waals surface area contributed by atoms with E-state index in [1.54, 1.807) is 0 Å². The van der Waals surface area contributed by atoms with Gasteiger partial charge in [-0.05, 0) is 41.3 Å². The Hall–Kier alpha value is -0.580. The summed E-state index contributed by atoms with van der Waals surface area (Å²) in [6.07, 6.45) is 2.12. The average molecular weight is 287 g/mol. The smallest absolute Gasteiger partial charge is 0.139 e. The summed E-state index contributed by atoms with van der Waals surface area (Å²) in [5, 5.41) is 18.9. The number of hydrogen-bond donors (Lipinski definition) is 2. The average Bonchev–Trinajstić information content (AvgIpc) is 2.67. The number of para-hydroxylation sites is 1. The lowest BCUT2D eigenvalue weighted by Crippen LogP contribution is -2.26. The van der Waals surface area contributed by atoms with Crippen LogP contribution in [-0.2, 0) is 6.61 Å². The van der Waals surface area contributed by atoms with Crippen molar-refractivity contribution in [1.29, 1.82) is 0 Å². The molecule has 0 amide bonds. The molecule has 1 saturated carbocycles. The van der Waals surface area contributed by atoms with Gasteiger partial charge in [0.25, 0.3) is 0 Å². The Balaban J connectivity index is 2.19. The van der Waals surface area contributed by atoms with E-state index in [9.17, 15) is 10.2 Å². The monoisotopic (exact) mass is 286 g/mol. The predicted octanol–water partition coefficient (Wildman–Crippen LogP) is 2.23. The van der Waals surface area contributed by atoms with Crippen LogP contribution in [0.5, 0.6) is 5.75 Å². The van der Waals surface area contributed by atoms with Gasteiger partial charge < -0.3 is 14.9 Å². The van der Waals surface area contributed by atoms with Gasteiger partial charge in [-0.25, -0.2) is 0 Å². The third-order valence-electron chi connectivity index (χ3n) is 2.91. The van der Waals surface area contributed by atoms with Crippen molar-refractivity contribution in [2.75, 3.05) is 0 Å². The van der Waals surface area contributed by atoms with E-state index < -0.39 is 6.10 Å². The van der Waals surface area contributed by atoms with Crippen molar-refractivity contribution in [2.24, 2.45) is 0 Å². The molecule has 1 aromatic rings. The largest absolute Gasteiger partial charge is 0.486 e. The van der Waals surface area contributed by atoms with E-state index in [-0.39, 0.29) is 12.7 Å². The lowest BCUT2D eigenvalue weighted by molar-refractivity contribution is 0.0584. The van der Waals surface area contributed by atoms with Crippen LogP contribution in [0.1, 0.15) is 24.8 Å². The fourth-order valence-electron chi connectivity index (χ4n) is 2.01. The molecule has 16 heavy (non-hydrogen) atoms. The number of halogens is 1. The summed E-state index contributed by atoms with van der Waals surface area (Å²) < 4.78 is 6.60. The highest BCUT2D eigenvalue weighted by atomic mass is 79.9. The van der Waals surface area contributed by atoms with Gasteiger partial charge in [-0.15, -0.1) is 0 Å². The first kappa shape index (κ1) is 11.9. The topological polar surface area (TPSA) is 49.7 Å². The molecule has 0 spiro atoms. The van der Waals surface area contributed by atoms with Gasteiger partial charge in [-0.1, -0.05) is 12.1 Å². The van der Waals surface area contributed by atoms with Crippen molar-refractivity contribution in [3.63, 3.8) is 0 Å². The van der Waals surface area contributed by atoms with Gasteiger partial charge in [0.2, 0.25) is 0 Å². The van der Waals surface area contributed by atoms with Gasteiger partial charge in [-0.3, -0.25) is 0 Å². The maximum absolute atomic E-state index is 9.70. The number of ether oxygens (including phenoxy) is 1. The zero-order valence-corrected chi connectivity index (χ0v) is 10.5. The number of rotatable bonds is 3. The Labute approximate surface area is 103 Å². The van der Waals surface area contributed by atoms with Crippen LogP contribution in [0.2, 0.25) is 0 Å². The van der Waals surface area contributed by atoms with E-state index >= 15 is 0 Å². The van der Waals surface area contributed by atoms with Crippen LogP contribution in [0.15, 0.2) is 22.7 Å². The second kappa shape index (κ2) is 5.17. The van der Waals surface area contributed by atoms with Crippen molar-refractivity contribution in [3.05, 3.63) is 28.2 Å². The molecule has 2 unspecified atom stereocenters. The Morgan fingerprint density at radius 1 is 1.38 bits per heavy atom. The zero-order chi connectivity index (χ0) is 11.5. The molecule has 1 aromatic carbocycles. The Bertz CT molecular complexity index is 367. The van der Waals surface area contributed by atoms with Crippen LogP contribution >= 0.6 is 15.9 Å². The van der Waals surface area contributed by atoms with E-state index in [0.29, 0.717) is 5.75 Å². The Morgan fingerprint density at radius 3 is 2.81 bits per heavy atom. The van der Waals surface area contributed by atoms with Crippen molar-refractivity contribution < 1.29 is 14.9 Å². The van der Waals surface area contributed by atoms with Crippen LogP contribution in [-0.4, -0.2) is 22.4 Å². The SMILES string of the molecule is OCc1cccc(Br)c1OC1CCCC1O. The molecular weight excluding hydrogens is 272 g/mol. The van der Waals surface area contributed by atoms with Gasteiger partial charge in [0.1, 0.15) is 11.9 Å². The molecule has 88 valence electrons. The van der Waals surface area contributed by atoms with Gasteiger partial charge in [0, 0.05) is 5.56 Å². The Kier molecular flexibility index (Phi) is 3.84. The second-order valence-electron chi connectivity index (χ2n) is 4.04. The molecule has 2 N–H and O–H groups in total. The van der Waals surface area contributed by atoms with Crippen molar-refractivity contribution in [1.82, 2.24) is 0 Å². The highest BCUT2D eigenvalue weighted by Crippen LogP contribution is 2.33. The quantitative estimate of drug-likeness (QED) is 0.896. The fourth-order valence-corrected chi connectivity index (χ4v) is 2.51. The molecule has 2 rings (SSSR count).